The largest absolute Gasteiger partial charge is 0.396 e. The summed E-state index contributed by atoms with van der Waals surface area (Å²) in [4.78, 5) is 6.75. The van der Waals surface area contributed by atoms with Gasteiger partial charge in [0.1, 0.15) is 5.82 Å². The minimum Gasteiger partial charge on any atom is -0.396 e. The van der Waals surface area contributed by atoms with E-state index in [0.29, 0.717) is 5.92 Å². The van der Waals surface area contributed by atoms with Crippen molar-refractivity contribution in [1.82, 2.24) is 4.98 Å². The van der Waals surface area contributed by atoms with Crippen molar-refractivity contribution in [3.05, 3.63) is 23.4 Å². The van der Waals surface area contributed by atoms with Crippen LogP contribution in [0.3, 0.4) is 0 Å². The maximum absolute atomic E-state index is 9.19. The van der Waals surface area contributed by atoms with E-state index in [1.54, 1.807) is 0 Å². The molecule has 1 atom stereocenters. The Hall–Kier alpha value is -1.13. The Balaban J connectivity index is 2.10. The van der Waals surface area contributed by atoms with E-state index in [1.807, 2.05) is 19.1 Å². The molecule has 0 aromatic carbocycles. The van der Waals surface area contributed by atoms with E-state index in [2.05, 4.69) is 9.88 Å². The minimum atomic E-state index is 0.0598. The number of nitrogens with zero attached hydrogens (tertiary/aromatic N) is 2. The Bertz CT molecular complexity index is 382. The van der Waals surface area contributed by atoms with Gasteiger partial charge in [0.05, 0.1) is 6.61 Å². The molecule has 1 unspecified atom stereocenters. The highest BCUT2D eigenvalue weighted by Crippen LogP contribution is 2.25. The zero-order chi connectivity index (χ0) is 12.3. The average molecular weight is 236 g/mol. The fraction of sp³-hybridized carbons (Fsp3) is 0.615. The molecule has 0 bridgehead atoms. The molecule has 0 saturated carbocycles. The van der Waals surface area contributed by atoms with Crippen molar-refractivity contribution in [2.24, 2.45) is 5.92 Å². The summed E-state index contributed by atoms with van der Waals surface area (Å²) in [5.41, 5.74) is 1.86. The lowest BCUT2D eigenvalue weighted by atomic mass is 10.1. The molecule has 0 radical (unpaired) electrons. The summed E-state index contributed by atoms with van der Waals surface area (Å²) < 4.78 is 0. The lowest BCUT2D eigenvalue weighted by molar-refractivity contribution is 0.263. The number of pyridine rings is 1. The molecule has 1 aliphatic rings. The van der Waals surface area contributed by atoms with Crippen LogP contribution < -0.4 is 4.90 Å². The Labute approximate surface area is 102 Å². The highest BCUT2D eigenvalue weighted by Gasteiger charge is 2.23. The third kappa shape index (κ3) is 2.96. The molecule has 2 heterocycles. The summed E-state index contributed by atoms with van der Waals surface area (Å²) in [6.45, 7) is 4.23. The minimum absolute atomic E-state index is 0.0598. The highest BCUT2D eigenvalue weighted by atomic mass is 16.3. The molecule has 0 amide bonds. The molecule has 4 nitrogen and oxygen atoms in total. The van der Waals surface area contributed by atoms with Crippen molar-refractivity contribution in [3.8, 4) is 0 Å². The molecule has 4 heteroatoms. The number of aliphatic hydroxyl groups excluding tert-OH is 2. The number of anilines is 1. The molecule has 2 rings (SSSR count). The van der Waals surface area contributed by atoms with Crippen LogP contribution in [-0.2, 0) is 6.61 Å². The number of aromatic nitrogens is 1. The van der Waals surface area contributed by atoms with Crippen LogP contribution in [0.5, 0.6) is 0 Å². The van der Waals surface area contributed by atoms with Crippen molar-refractivity contribution < 1.29 is 10.2 Å². The molecule has 2 N–H and O–H groups in total. The van der Waals surface area contributed by atoms with Crippen molar-refractivity contribution in [1.29, 1.82) is 0 Å². The molecule has 1 aromatic heterocycles. The third-order valence-corrected chi connectivity index (χ3v) is 3.33. The van der Waals surface area contributed by atoms with Gasteiger partial charge >= 0.3 is 0 Å². The van der Waals surface area contributed by atoms with Crippen LogP contribution in [0.4, 0.5) is 5.82 Å². The first-order chi connectivity index (χ1) is 8.22. The summed E-state index contributed by atoms with van der Waals surface area (Å²) in [5, 5.41) is 18.1. The zero-order valence-electron chi connectivity index (χ0n) is 10.3. The predicted molar refractivity (Wildman–Crippen MR) is 66.9 cm³/mol. The summed E-state index contributed by atoms with van der Waals surface area (Å²) >= 11 is 0. The van der Waals surface area contributed by atoms with Gasteiger partial charge in [-0.15, -0.1) is 0 Å². The van der Waals surface area contributed by atoms with Gasteiger partial charge in [-0.3, -0.25) is 0 Å². The third-order valence-electron chi connectivity index (χ3n) is 3.33. The number of hydrogen-bond acceptors (Lipinski definition) is 4. The first-order valence-electron chi connectivity index (χ1n) is 6.17. The van der Waals surface area contributed by atoms with Crippen molar-refractivity contribution in [2.45, 2.75) is 26.4 Å². The second kappa shape index (κ2) is 5.47. The first kappa shape index (κ1) is 12.3. The van der Waals surface area contributed by atoms with Crippen LogP contribution in [0.15, 0.2) is 12.1 Å². The Morgan fingerprint density at radius 2 is 2.24 bits per heavy atom. The van der Waals surface area contributed by atoms with Gasteiger partial charge in [0, 0.05) is 25.4 Å². The molecule has 1 aromatic rings. The molecule has 1 saturated heterocycles. The number of aliphatic hydroxyl groups is 2. The van der Waals surface area contributed by atoms with Gasteiger partial charge in [0.2, 0.25) is 0 Å². The van der Waals surface area contributed by atoms with Gasteiger partial charge in [-0.05, 0) is 43.4 Å². The maximum atomic E-state index is 9.19. The van der Waals surface area contributed by atoms with Crippen molar-refractivity contribution >= 4 is 5.82 Å². The Morgan fingerprint density at radius 3 is 2.94 bits per heavy atom. The Kier molecular flexibility index (Phi) is 3.97. The molecule has 0 spiro atoms. The van der Waals surface area contributed by atoms with E-state index >= 15 is 0 Å². The van der Waals surface area contributed by atoms with E-state index in [4.69, 9.17) is 5.11 Å². The second-order valence-electron chi connectivity index (χ2n) is 4.75. The SMILES string of the molecule is Cc1cc(CO)cc(N2CCC(CCO)C2)n1. The molecule has 1 aliphatic heterocycles. The van der Waals surface area contributed by atoms with Crippen LogP contribution in [-0.4, -0.2) is 34.9 Å². The van der Waals surface area contributed by atoms with Gasteiger partial charge in [0.25, 0.3) is 0 Å². The number of aryl methyl sites for hydroxylation is 1. The van der Waals surface area contributed by atoms with E-state index in [-0.39, 0.29) is 13.2 Å². The highest BCUT2D eigenvalue weighted by molar-refractivity contribution is 5.43. The van der Waals surface area contributed by atoms with E-state index < -0.39 is 0 Å². The quantitative estimate of drug-likeness (QED) is 0.821. The average Bonchev–Trinajstić information content (AvgIpc) is 2.77. The smallest absolute Gasteiger partial charge is 0.129 e. The molecule has 0 aliphatic carbocycles. The van der Waals surface area contributed by atoms with E-state index in [9.17, 15) is 5.11 Å². The van der Waals surface area contributed by atoms with Crippen LogP contribution in [0, 0.1) is 12.8 Å². The van der Waals surface area contributed by atoms with Crippen LogP contribution in [0.1, 0.15) is 24.1 Å². The standard InChI is InChI=1S/C13H20N2O2/c1-10-6-12(9-17)7-13(14-10)15-4-2-11(8-15)3-5-16/h6-7,11,16-17H,2-5,8-9H2,1H3. The van der Waals surface area contributed by atoms with Crippen LogP contribution >= 0.6 is 0 Å². The summed E-state index contributed by atoms with van der Waals surface area (Å²) in [7, 11) is 0. The molecular weight excluding hydrogens is 216 g/mol. The van der Waals surface area contributed by atoms with Crippen molar-refractivity contribution in [3.63, 3.8) is 0 Å². The van der Waals surface area contributed by atoms with Crippen LogP contribution in [0.25, 0.3) is 0 Å². The number of hydrogen-bond donors (Lipinski definition) is 2. The normalized spacial score (nSPS) is 19.9. The van der Waals surface area contributed by atoms with Gasteiger partial charge in [-0.2, -0.15) is 0 Å². The second-order valence-corrected chi connectivity index (χ2v) is 4.75. The van der Waals surface area contributed by atoms with Gasteiger partial charge in [0.15, 0.2) is 0 Å². The molecule has 17 heavy (non-hydrogen) atoms. The topological polar surface area (TPSA) is 56.6 Å². The zero-order valence-corrected chi connectivity index (χ0v) is 10.3. The Morgan fingerprint density at radius 1 is 1.41 bits per heavy atom. The summed E-state index contributed by atoms with van der Waals surface area (Å²) in [6, 6.07) is 3.86. The van der Waals surface area contributed by atoms with Gasteiger partial charge in [-0.25, -0.2) is 4.98 Å². The monoisotopic (exact) mass is 236 g/mol. The molecule has 1 fully saturated rings. The van der Waals surface area contributed by atoms with E-state index in [0.717, 1.165) is 43.0 Å². The lowest BCUT2D eigenvalue weighted by Gasteiger charge is -2.18. The van der Waals surface area contributed by atoms with Crippen molar-refractivity contribution in [2.75, 3.05) is 24.6 Å². The maximum Gasteiger partial charge on any atom is 0.129 e. The summed E-state index contributed by atoms with van der Waals surface area (Å²) in [6.07, 6.45) is 1.99. The summed E-state index contributed by atoms with van der Waals surface area (Å²) in [5.74, 6) is 1.52. The number of rotatable bonds is 4. The fourth-order valence-electron chi connectivity index (χ4n) is 2.43. The molecule has 94 valence electrons. The van der Waals surface area contributed by atoms with E-state index in [1.165, 1.54) is 0 Å². The first-order valence-corrected chi connectivity index (χ1v) is 6.17. The fourth-order valence-corrected chi connectivity index (χ4v) is 2.43. The van der Waals surface area contributed by atoms with Gasteiger partial charge < -0.3 is 15.1 Å². The lowest BCUT2D eigenvalue weighted by Crippen LogP contribution is -2.21. The molecular formula is C13H20N2O2. The predicted octanol–water partition coefficient (Wildman–Crippen LogP) is 1.09. The van der Waals surface area contributed by atoms with Crippen LogP contribution in [0.2, 0.25) is 0 Å². The van der Waals surface area contributed by atoms with Gasteiger partial charge in [-0.1, -0.05) is 0 Å².